The molecule has 0 radical (unpaired) electrons. The molecular weight excluding hydrogens is 384 g/mol. The van der Waals surface area contributed by atoms with Gasteiger partial charge in [0.15, 0.2) is 18.1 Å². The third-order valence-corrected chi connectivity index (χ3v) is 4.37. The molecule has 0 unspecified atom stereocenters. The molecule has 0 saturated heterocycles. The minimum Gasteiger partial charge on any atom is -0.493 e. The summed E-state index contributed by atoms with van der Waals surface area (Å²) in [5, 5.41) is 12.2. The molecule has 0 heterocycles. The van der Waals surface area contributed by atoms with Crippen LogP contribution in [0.5, 0.6) is 11.5 Å². The van der Waals surface area contributed by atoms with Crippen LogP contribution in [0, 0.1) is 25.2 Å². The molecule has 30 heavy (non-hydrogen) atoms. The van der Waals surface area contributed by atoms with Gasteiger partial charge >= 0.3 is 5.97 Å². The Kier molecular flexibility index (Phi) is 8.00. The third kappa shape index (κ3) is 5.85. The average Bonchev–Trinajstić information content (AvgIpc) is 2.74. The molecule has 0 aromatic heterocycles. The Morgan fingerprint density at radius 3 is 2.60 bits per heavy atom. The Balaban J connectivity index is 2.20. The molecular formula is C23H24N2O5. The average molecular weight is 408 g/mol. The lowest BCUT2D eigenvalue weighted by molar-refractivity contribution is -0.145. The maximum Gasteiger partial charge on any atom is 0.344 e. The normalized spacial score (nSPS) is 10.7. The first-order chi connectivity index (χ1) is 14.4. The van der Waals surface area contributed by atoms with Crippen molar-refractivity contribution >= 4 is 23.6 Å². The topological polar surface area (TPSA) is 97.7 Å². The number of anilines is 1. The highest BCUT2D eigenvalue weighted by Crippen LogP contribution is 2.29. The van der Waals surface area contributed by atoms with Crippen molar-refractivity contribution in [2.75, 3.05) is 25.6 Å². The second-order valence-corrected chi connectivity index (χ2v) is 6.38. The number of hydrogen-bond donors (Lipinski definition) is 1. The molecule has 0 atom stereocenters. The van der Waals surface area contributed by atoms with E-state index >= 15 is 0 Å². The summed E-state index contributed by atoms with van der Waals surface area (Å²) in [5.41, 5.74) is 3.15. The first-order valence-corrected chi connectivity index (χ1v) is 9.35. The summed E-state index contributed by atoms with van der Waals surface area (Å²) >= 11 is 0. The zero-order chi connectivity index (χ0) is 22.1. The molecule has 0 bridgehead atoms. The summed E-state index contributed by atoms with van der Waals surface area (Å²) in [7, 11) is 1.46. The highest BCUT2D eigenvalue weighted by Gasteiger charge is 2.13. The minimum absolute atomic E-state index is 0.0573. The summed E-state index contributed by atoms with van der Waals surface area (Å²) in [4.78, 5) is 24.0. The van der Waals surface area contributed by atoms with Crippen LogP contribution in [0.25, 0.3) is 6.08 Å². The third-order valence-electron chi connectivity index (χ3n) is 4.37. The zero-order valence-corrected chi connectivity index (χ0v) is 17.4. The smallest absolute Gasteiger partial charge is 0.344 e. The van der Waals surface area contributed by atoms with Crippen molar-refractivity contribution < 1.29 is 23.8 Å². The Morgan fingerprint density at radius 1 is 1.17 bits per heavy atom. The number of carbonyl (C=O) groups excluding carboxylic acids is 2. The van der Waals surface area contributed by atoms with Crippen LogP contribution in [0.2, 0.25) is 0 Å². The van der Waals surface area contributed by atoms with E-state index in [-0.39, 0.29) is 18.8 Å². The number of methoxy groups -OCH3 is 1. The molecule has 0 aliphatic heterocycles. The number of esters is 1. The second-order valence-electron chi connectivity index (χ2n) is 6.38. The molecule has 0 aliphatic carbocycles. The van der Waals surface area contributed by atoms with E-state index in [2.05, 4.69) is 5.32 Å². The summed E-state index contributed by atoms with van der Waals surface area (Å²) in [6, 6.07) is 12.4. The summed E-state index contributed by atoms with van der Waals surface area (Å²) in [6.45, 7) is 5.58. The first kappa shape index (κ1) is 22.5. The molecule has 0 saturated carbocycles. The second kappa shape index (κ2) is 10.7. The molecule has 1 amide bonds. The number of aryl methyl sites for hydroxylation is 1. The number of rotatable bonds is 8. The van der Waals surface area contributed by atoms with E-state index in [0.29, 0.717) is 22.7 Å². The van der Waals surface area contributed by atoms with Crippen molar-refractivity contribution in [2.45, 2.75) is 20.8 Å². The van der Waals surface area contributed by atoms with Gasteiger partial charge in [-0.15, -0.1) is 0 Å². The standard InChI is InChI=1S/C23H24N2O5/c1-5-29-22(26)14-30-20-10-9-17(12-21(20)28-4)11-18(13-24)23(27)25-19-8-6-7-15(2)16(19)3/h6-12H,5,14H2,1-4H3,(H,25,27)/b18-11+. The van der Waals surface area contributed by atoms with Gasteiger partial charge in [-0.3, -0.25) is 4.79 Å². The number of benzene rings is 2. The van der Waals surface area contributed by atoms with Crippen molar-refractivity contribution in [1.29, 1.82) is 5.26 Å². The van der Waals surface area contributed by atoms with Gasteiger partial charge < -0.3 is 19.5 Å². The van der Waals surface area contributed by atoms with Gasteiger partial charge in [0.25, 0.3) is 5.91 Å². The predicted octanol–water partition coefficient (Wildman–Crippen LogP) is 3.80. The van der Waals surface area contributed by atoms with Gasteiger partial charge in [0.05, 0.1) is 13.7 Å². The summed E-state index contributed by atoms with van der Waals surface area (Å²) in [5.74, 6) is -0.285. The van der Waals surface area contributed by atoms with Crippen LogP contribution in [-0.4, -0.2) is 32.2 Å². The maximum atomic E-state index is 12.6. The number of nitrogens with one attached hydrogen (secondary N) is 1. The molecule has 0 fully saturated rings. The number of nitrogens with zero attached hydrogens (tertiary/aromatic N) is 1. The fourth-order valence-electron chi connectivity index (χ4n) is 2.62. The lowest BCUT2D eigenvalue weighted by Crippen LogP contribution is -2.15. The Bertz CT molecular complexity index is 1010. The molecule has 2 aromatic carbocycles. The zero-order valence-electron chi connectivity index (χ0n) is 17.4. The number of hydrogen-bond acceptors (Lipinski definition) is 6. The van der Waals surface area contributed by atoms with Gasteiger partial charge in [0, 0.05) is 5.69 Å². The molecule has 7 heteroatoms. The maximum absolute atomic E-state index is 12.6. The molecule has 7 nitrogen and oxygen atoms in total. The van der Waals surface area contributed by atoms with Crippen LogP contribution >= 0.6 is 0 Å². The van der Waals surface area contributed by atoms with Crippen LogP contribution in [0.1, 0.15) is 23.6 Å². The minimum atomic E-state index is -0.507. The van der Waals surface area contributed by atoms with Gasteiger partial charge in [-0.05, 0) is 61.7 Å². The Labute approximate surface area is 175 Å². The molecule has 1 N–H and O–H groups in total. The lowest BCUT2D eigenvalue weighted by atomic mass is 10.1. The van der Waals surface area contributed by atoms with Gasteiger partial charge in [0.2, 0.25) is 0 Å². The number of nitriles is 1. The van der Waals surface area contributed by atoms with Crippen LogP contribution < -0.4 is 14.8 Å². The quantitative estimate of drug-likeness (QED) is 0.405. The van der Waals surface area contributed by atoms with Crippen molar-refractivity contribution in [3.63, 3.8) is 0 Å². The molecule has 2 aromatic rings. The van der Waals surface area contributed by atoms with E-state index in [1.165, 1.54) is 13.2 Å². The number of ether oxygens (including phenoxy) is 3. The molecule has 0 spiro atoms. The fraction of sp³-hybridized carbons (Fsp3) is 0.261. The predicted molar refractivity (Wildman–Crippen MR) is 113 cm³/mol. The van der Waals surface area contributed by atoms with Crippen LogP contribution in [0.4, 0.5) is 5.69 Å². The van der Waals surface area contributed by atoms with Crippen molar-refractivity contribution in [2.24, 2.45) is 0 Å². The lowest BCUT2D eigenvalue weighted by Gasteiger charge is -2.11. The largest absolute Gasteiger partial charge is 0.493 e. The Morgan fingerprint density at radius 2 is 1.93 bits per heavy atom. The number of amides is 1. The van der Waals surface area contributed by atoms with E-state index in [0.717, 1.165) is 11.1 Å². The highest BCUT2D eigenvalue weighted by atomic mass is 16.6. The molecule has 156 valence electrons. The van der Waals surface area contributed by atoms with Crippen molar-refractivity contribution in [1.82, 2.24) is 0 Å². The highest BCUT2D eigenvalue weighted by molar-refractivity contribution is 6.10. The van der Waals surface area contributed by atoms with Crippen LogP contribution in [0.15, 0.2) is 42.0 Å². The summed E-state index contributed by atoms with van der Waals surface area (Å²) in [6.07, 6.45) is 1.46. The van der Waals surface area contributed by atoms with Crippen molar-refractivity contribution in [3.8, 4) is 17.6 Å². The van der Waals surface area contributed by atoms with Crippen LogP contribution in [-0.2, 0) is 14.3 Å². The molecule has 0 aliphatic rings. The van der Waals surface area contributed by atoms with Gasteiger partial charge in [-0.1, -0.05) is 18.2 Å². The first-order valence-electron chi connectivity index (χ1n) is 9.35. The molecule has 2 rings (SSSR count). The Hall–Kier alpha value is -3.79. The van der Waals surface area contributed by atoms with Gasteiger partial charge in [-0.25, -0.2) is 4.79 Å². The van der Waals surface area contributed by atoms with Crippen molar-refractivity contribution in [3.05, 3.63) is 58.7 Å². The van der Waals surface area contributed by atoms with Crippen LogP contribution in [0.3, 0.4) is 0 Å². The van der Waals surface area contributed by atoms with E-state index < -0.39 is 11.9 Å². The van der Waals surface area contributed by atoms with E-state index in [4.69, 9.17) is 14.2 Å². The monoisotopic (exact) mass is 408 g/mol. The van der Waals surface area contributed by atoms with Gasteiger partial charge in [-0.2, -0.15) is 5.26 Å². The van der Waals surface area contributed by atoms with Gasteiger partial charge in [0.1, 0.15) is 11.6 Å². The SMILES string of the molecule is CCOC(=O)COc1ccc(/C=C(\C#N)C(=O)Nc2cccc(C)c2C)cc1OC. The fourth-order valence-corrected chi connectivity index (χ4v) is 2.62. The van der Waals surface area contributed by atoms with E-state index in [1.807, 2.05) is 32.0 Å². The van der Waals surface area contributed by atoms with E-state index in [9.17, 15) is 14.9 Å². The summed E-state index contributed by atoms with van der Waals surface area (Å²) < 4.78 is 15.5. The number of carbonyl (C=O) groups is 2. The van der Waals surface area contributed by atoms with E-state index in [1.54, 1.807) is 31.2 Å².